The third kappa shape index (κ3) is 3.80. The number of benzene rings is 1. The molecule has 4 nitrogen and oxygen atoms in total. The van der Waals surface area contributed by atoms with Crippen molar-refractivity contribution in [1.29, 1.82) is 5.26 Å². The molecule has 0 radical (unpaired) electrons. The van der Waals surface area contributed by atoms with Crippen LogP contribution in [-0.2, 0) is 0 Å². The minimum atomic E-state index is -0.500. The van der Waals surface area contributed by atoms with Crippen LogP contribution in [0.15, 0.2) is 24.3 Å². The summed E-state index contributed by atoms with van der Waals surface area (Å²) in [5.74, 6) is 0. The summed E-state index contributed by atoms with van der Waals surface area (Å²) in [6.07, 6.45) is 1.92. The monoisotopic (exact) mass is 273 g/mol. The molecular weight excluding hydrogens is 250 g/mol. The third-order valence-corrected chi connectivity index (χ3v) is 4.11. The van der Waals surface area contributed by atoms with Gasteiger partial charge in [0.05, 0.1) is 17.7 Å². The molecule has 0 aliphatic carbocycles. The first kappa shape index (κ1) is 15.0. The summed E-state index contributed by atoms with van der Waals surface area (Å²) in [5.41, 5.74) is 1.50. The van der Waals surface area contributed by atoms with E-state index in [0.717, 1.165) is 12.1 Å². The average molecular weight is 273 g/mol. The molecule has 2 rings (SSSR count). The van der Waals surface area contributed by atoms with Gasteiger partial charge in [0.25, 0.3) is 0 Å². The van der Waals surface area contributed by atoms with Crippen molar-refractivity contribution in [3.63, 3.8) is 0 Å². The zero-order valence-corrected chi connectivity index (χ0v) is 12.3. The van der Waals surface area contributed by atoms with Gasteiger partial charge >= 0.3 is 0 Å². The lowest BCUT2D eigenvalue weighted by molar-refractivity contribution is 0.0742. The highest BCUT2D eigenvalue weighted by atomic mass is 16.3. The summed E-state index contributed by atoms with van der Waals surface area (Å²) < 4.78 is 0. The lowest BCUT2D eigenvalue weighted by atomic mass is 10.0. The van der Waals surface area contributed by atoms with Crippen LogP contribution in [0.1, 0.15) is 30.1 Å². The Bertz CT molecular complexity index is 466. The number of piperidine rings is 1. The molecule has 1 aromatic carbocycles. The first-order chi connectivity index (χ1) is 9.60. The van der Waals surface area contributed by atoms with Crippen molar-refractivity contribution >= 4 is 0 Å². The number of nitrogens with zero attached hydrogens (tertiary/aromatic N) is 3. The van der Waals surface area contributed by atoms with Gasteiger partial charge in [0.15, 0.2) is 0 Å². The molecule has 2 atom stereocenters. The van der Waals surface area contributed by atoms with Crippen LogP contribution in [0.3, 0.4) is 0 Å². The maximum atomic E-state index is 10.3. The van der Waals surface area contributed by atoms with Crippen LogP contribution in [0.25, 0.3) is 0 Å². The van der Waals surface area contributed by atoms with Crippen molar-refractivity contribution < 1.29 is 5.11 Å². The molecule has 2 unspecified atom stereocenters. The summed E-state index contributed by atoms with van der Waals surface area (Å²) in [6, 6.07) is 9.80. The van der Waals surface area contributed by atoms with Crippen LogP contribution in [0, 0.1) is 11.3 Å². The second kappa shape index (κ2) is 6.85. The van der Waals surface area contributed by atoms with E-state index in [4.69, 9.17) is 5.26 Å². The fourth-order valence-electron chi connectivity index (χ4n) is 2.81. The summed E-state index contributed by atoms with van der Waals surface area (Å²) in [6.45, 7) is 2.86. The number of hydrogen-bond donors (Lipinski definition) is 1. The maximum absolute atomic E-state index is 10.3. The topological polar surface area (TPSA) is 50.5 Å². The van der Waals surface area contributed by atoms with E-state index in [1.165, 1.54) is 19.4 Å². The fourth-order valence-corrected chi connectivity index (χ4v) is 2.81. The van der Waals surface area contributed by atoms with Gasteiger partial charge < -0.3 is 10.0 Å². The summed E-state index contributed by atoms with van der Waals surface area (Å²) >= 11 is 0. The highest BCUT2D eigenvalue weighted by Crippen LogP contribution is 2.19. The van der Waals surface area contributed by atoms with Crippen molar-refractivity contribution in [1.82, 2.24) is 9.80 Å². The van der Waals surface area contributed by atoms with Gasteiger partial charge in [-0.2, -0.15) is 5.26 Å². The SMILES string of the molecule is CN1CCCC(N(C)CC(O)c2ccc(C#N)cc2)C1. The number of rotatable bonds is 4. The van der Waals surface area contributed by atoms with Gasteiger partial charge in [-0.1, -0.05) is 12.1 Å². The van der Waals surface area contributed by atoms with E-state index >= 15 is 0 Å². The van der Waals surface area contributed by atoms with Crippen molar-refractivity contribution in [2.24, 2.45) is 0 Å². The summed E-state index contributed by atoms with van der Waals surface area (Å²) in [5, 5.41) is 19.1. The van der Waals surface area contributed by atoms with Gasteiger partial charge in [-0.15, -0.1) is 0 Å². The second-order valence-corrected chi connectivity index (χ2v) is 5.75. The molecule has 0 spiro atoms. The lowest BCUT2D eigenvalue weighted by Crippen LogP contribution is -2.46. The Morgan fingerprint density at radius 1 is 1.45 bits per heavy atom. The van der Waals surface area contributed by atoms with Crippen LogP contribution in [0.5, 0.6) is 0 Å². The van der Waals surface area contributed by atoms with Gasteiger partial charge in [-0.05, 0) is 51.2 Å². The Labute approximate surface area is 121 Å². The molecule has 1 aliphatic heterocycles. The normalized spacial score (nSPS) is 21.6. The highest BCUT2D eigenvalue weighted by molar-refractivity contribution is 5.32. The predicted molar refractivity (Wildman–Crippen MR) is 79.3 cm³/mol. The molecule has 0 amide bonds. The Morgan fingerprint density at radius 3 is 2.75 bits per heavy atom. The van der Waals surface area contributed by atoms with Gasteiger partial charge in [-0.3, -0.25) is 4.90 Å². The lowest BCUT2D eigenvalue weighted by Gasteiger charge is -2.36. The Hall–Kier alpha value is -1.41. The largest absolute Gasteiger partial charge is 0.387 e. The molecule has 4 heteroatoms. The molecule has 0 saturated carbocycles. The zero-order chi connectivity index (χ0) is 14.5. The Morgan fingerprint density at radius 2 is 2.15 bits per heavy atom. The minimum Gasteiger partial charge on any atom is -0.387 e. The fraction of sp³-hybridized carbons (Fsp3) is 0.562. The van der Waals surface area contributed by atoms with Crippen LogP contribution < -0.4 is 0 Å². The van der Waals surface area contributed by atoms with Crippen LogP contribution >= 0.6 is 0 Å². The first-order valence-corrected chi connectivity index (χ1v) is 7.17. The third-order valence-electron chi connectivity index (χ3n) is 4.11. The van der Waals surface area contributed by atoms with Crippen molar-refractivity contribution in [2.75, 3.05) is 33.7 Å². The molecule has 20 heavy (non-hydrogen) atoms. The Balaban J connectivity index is 1.92. The van der Waals surface area contributed by atoms with E-state index in [1.807, 2.05) is 12.1 Å². The average Bonchev–Trinajstić information content (AvgIpc) is 2.47. The molecule has 1 aliphatic rings. The second-order valence-electron chi connectivity index (χ2n) is 5.75. The smallest absolute Gasteiger partial charge is 0.0991 e. The number of aliphatic hydroxyl groups excluding tert-OH is 1. The van der Waals surface area contributed by atoms with Crippen LogP contribution in [-0.4, -0.2) is 54.7 Å². The molecule has 0 bridgehead atoms. The molecular formula is C16H23N3O. The molecule has 1 fully saturated rings. The van der Waals surface area contributed by atoms with E-state index in [2.05, 4.69) is 30.0 Å². The van der Waals surface area contributed by atoms with E-state index in [9.17, 15) is 5.11 Å². The van der Waals surface area contributed by atoms with Gasteiger partial charge in [0.1, 0.15) is 0 Å². The van der Waals surface area contributed by atoms with Crippen molar-refractivity contribution in [3.05, 3.63) is 35.4 Å². The van der Waals surface area contributed by atoms with Crippen LogP contribution in [0.4, 0.5) is 0 Å². The van der Waals surface area contributed by atoms with Crippen molar-refractivity contribution in [2.45, 2.75) is 25.0 Å². The number of hydrogen-bond acceptors (Lipinski definition) is 4. The van der Waals surface area contributed by atoms with Gasteiger partial charge in [-0.25, -0.2) is 0 Å². The maximum Gasteiger partial charge on any atom is 0.0991 e. The van der Waals surface area contributed by atoms with Gasteiger partial charge in [0.2, 0.25) is 0 Å². The quantitative estimate of drug-likeness (QED) is 0.905. The van der Waals surface area contributed by atoms with E-state index < -0.39 is 6.10 Å². The molecule has 1 saturated heterocycles. The van der Waals surface area contributed by atoms with Gasteiger partial charge in [0, 0.05) is 19.1 Å². The molecule has 1 N–H and O–H groups in total. The van der Waals surface area contributed by atoms with E-state index in [1.54, 1.807) is 12.1 Å². The number of likely N-dealkylation sites (N-methyl/N-ethyl adjacent to an activating group) is 2. The number of likely N-dealkylation sites (tertiary alicyclic amines) is 1. The van der Waals surface area contributed by atoms with E-state index in [0.29, 0.717) is 18.2 Å². The molecule has 108 valence electrons. The van der Waals surface area contributed by atoms with Crippen LogP contribution in [0.2, 0.25) is 0 Å². The Kier molecular flexibility index (Phi) is 5.13. The summed E-state index contributed by atoms with van der Waals surface area (Å²) in [7, 11) is 4.23. The molecule has 1 heterocycles. The number of nitriles is 1. The van der Waals surface area contributed by atoms with Crippen molar-refractivity contribution in [3.8, 4) is 6.07 Å². The highest BCUT2D eigenvalue weighted by Gasteiger charge is 2.22. The predicted octanol–water partition coefficient (Wildman–Crippen LogP) is 1.62. The van der Waals surface area contributed by atoms with E-state index in [-0.39, 0.29) is 0 Å². The zero-order valence-electron chi connectivity index (χ0n) is 12.3. The number of aliphatic hydroxyl groups is 1. The minimum absolute atomic E-state index is 0.500. The molecule has 1 aromatic rings. The summed E-state index contributed by atoms with van der Waals surface area (Å²) in [4.78, 5) is 4.59. The first-order valence-electron chi connectivity index (χ1n) is 7.17. The standard InChI is InChI=1S/C16H23N3O/c1-18-9-3-4-15(11-18)19(2)12-16(20)14-7-5-13(10-17)6-8-14/h5-8,15-16,20H,3-4,9,11-12H2,1-2H3. The molecule has 0 aromatic heterocycles.